The molecule has 0 unspecified atom stereocenters. The van der Waals surface area contributed by atoms with Crippen molar-refractivity contribution in [3.05, 3.63) is 34.4 Å². The van der Waals surface area contributed by atoms with E-state index in [-0.39, 0.29) is 5.69 Å². The average molecular weight is 408 g/mol. The summed E-state index contributed by atoms with van der Waals surface area (Å²) in [6.07, 6.45) is 3.09. The number of anilines is 1. The number of hydrogen-bond donors (Lipinski definition) is 3. The summed E-state index contributed by atoms with van der Waals surface area (Å²) in [5.41, 5.74) is 0.938. The first-order chi connectivity index (χ1) is 14.2. The fourth-order valence-electron chi connectivity index (χ4n) is 2.95. The summed E-state index contributed by atoms with van der Waals surface area (Å²) in [4.78, 5) is 14.8. The summed E-state index contributed by atoms with van der Waals surface area (Å²) < 4.78 is 11.1. The molecule has 1 aromatic carbocycles. The molecule has 9 heteroatoms. The molecule has 9 nitrogen and oxygen atoms in total. The van der Waals surface area contributed by atoms with Crippen LogP contribution in [0.3, 0.4) is 0 Å². The SMILES string of the molecule is CCNC(=NCCCOCC1CCOCC1)NCCNc1ccc([N+](=O)[O-])cc1. The molecule has 1 fully saturated rings. The lowest BCUT2D eigenvalue weighted by atomic mass is 10.0. The fourth-order valence-corrected chi connectivity index (χ4v) is 2.95. The molecule has 0 aliphatic carbocycles. The Morgan fingerprint density at radius 1 is 1.24 bits per heavy atom. The number of benzene rings is 1. The van der Waals surface area contributed by atoms with Crippen molar-refractivity contribution < 1.29 is 14.4 Å². The summed E-state index contributed by atoms with van der Waals surface area (Å²) in [5, 5.41) is 20.4. The maximum atomic E-state index is 10.7. The van der Waals surface area contributed by atoms with Gasteiger partial charge in [-0.2, -0.15) is 0 Å². The van der Waals surface area contributed by atoms with E-state index >= 15 is 0 Å². The van der Waals surface area contributed by atoms with Gasteiger partial charge in [0.25, 0.3) is 5.69 Å². The zero-order chi connectivity index (χ0) is 20.7. The number of guanidine groups is 1. The molecule has 1 heterocycles. The molecule has 1 aliphatic heterocycles. The van der Waals surface area contributed by atoms with Gasteiger partial charge in [-0.15, -0.1) is 0 Å². The lowest BCUT2D eigenvalue weighted by Crippen LogP contribution is -2.39. The first kappa shape index (κ1) is 22.9. The van der Waals surface area contributed by atoms with E-state index in [2.05, 4.69) is 20.9 Å². The molecule has 0 saturated carbocycles. The van der Waals surface area contributed by atoms with Crippen LogP contribution in [-0.4, -0.2) is 63.5 Å². The Hall–Kier alpha value is -2.39. The maximum Gasteiger partial charge on any atom is 0.269 e. The van der Waals surface area contributed by atoms with Crippen molar-refractivity contribution in [2.75, 3.05) is 57.9 Å². The summed E-state index contributed by atoms with van der Waals surface area (Å²) in [5.74, 6) is 1.41. The molecule has 162 valence electrons. The molecule has 1 saturated heterocycles. The Bertz CT molecular complexity index is 618. The average Bonchev–Trinajstić information content (AvgIpc) is 2.74. The number of hydrogen-bond acceptors (Lipinski definition) is 6. The second-order valence-corrected chi connectivity index (χ2v) is 6.90. The monoisotopic (exact) mass is 407 g/mol. The number of aliphatic imine (C=N–C) groups is 1. The van der Waals surface area contributed by atoms with Crippen LogP contribution < -0.4 is 16.0 Å². The highest BCUT2D eigenvalue weighted by Gasteiger charge is 2.13. The van der Waals surface area contributed by atoms with E-state index < -0.39 is 4.92 Å². The smallest absolute Gasteiger partial charge is 0.269 e. The van der Waals surface area contributed by atoms with E-state index in [0.29, 0.717) is 25.6 Å². The van der Waals surface area contributed by atoms with Gasteiger partial charge in [0.05, 0.1) is 4.92 Å². The van der Waals surface area contributed by atoms with Gasteiger partial charge in [0, 0.05) is 70.4 Å². The van der Waals surface area contributed by atoms with Gasteiger partial charge in [0.15, 0.2) is 5.96 Å². The van der Waals surface area contributed by atoms with Crippen molar-refractivity contribution in [2.45, 2.75) is 26.2 Å². The van der Waals surface area contributed by atoms with Crippen molar-refractivity contribution >= 4 is 17.3 Å². The zero-order valence-corrected chi connectivity index (χ0v) is 17.2. The molecular weight excluding hydrogens is 374 g/mol. The van der Waals surface area contributed by atoms with Crippen LogP contribution in [0.25, 0.3) is 0 Å². The molecule has 0 amide bonds. The van der Waals surface area contributed by atoms with Crippen molar-refractivity contribution in [2.24, 2.45) is 10.9 Å². The molecule has 1 aromatic rings. The Morgan fingerprint density at radius 2 is 2.00 bits per heavy atom. The van der Waals surface area contributed by atoms with Crippen LogP contribution in [0.15, 0.2) is 29.3 Å². The van der Waals surface area contributed by atoms with Gasteiger partial charge in [-0.25, -0.2) is 0 Å². The molecular formula is C20H33N5O4. The number of ether oxygens (including phenoxy) is 2. The van der Waals surface area contributed by atoms with Gasteiger partial charge >= 0.3 is 0 Å². The quantitative estimate of drug-likeness (QED) is 0.160. The largest absolute Gasteiger partial charge is 0.383 e. The minimum absolute atomic E-state index is 0.0898. The Morgan fingerprint density at radius 3 is 2.69 bits per heavy atom. The third-order valence-electron chi connectivity index (χ3n) is 4.58. The summed E-state index contributed by atoms with van der Waals surface area (Å²) in [6.45, 7) is 8.15. The van der Waals surface area contributed by atoms with E-state index in [1.54, 1.807) is 12.1 Å². The van der Waals surface area contributed by atoms with E-state index in [4.69, 9.17) is 9.47 Å². The molecule has 0 atom stereocenters. The van der Waals surface area contributed by atoms with Gasteiger partial charge < -0.3 is 25.4 Å². The molecule has 2 rings (SSSR count). The Kier molecular flexibility index (Phi) is 10.8. The van der Waals surface area contributed by atoms with Crippen molar-refractivity contribution in [3.8, 4) is 0 Å². The molecule has 29 heavy (non-hydrogen) atoms. The second kappa shape index (κ2) is 13.7. The maximum absolute atomic E-state index is 10.7. The summed E-state index contributed by atoms with van der Waals surface area (Å²) in [7, 11) is 0. The summed E-state index contributed by atoms with van der Waals surface area (Å²) >= 11 is 0. The van der Waals surface area contributed by atoms with E-state index in [1.165, 1.54) is 12.1 Å². The second-order valence-electron chi connectivity index (χ2n) is 6.90. The van der Waals surface area contributed by atoms with E-state index in [1.807, 2.05) is 6.92 Å². The lowest BCUT2D eigenvalue weighted by Gasteiger charge is -2.21. The number of nitrogens with one attached hydrogen (secondary N) is 3. The molecule has 0 bridgehead atoms. The van der Waals surface area contributed by atoms with Crippen LogP contribution in [0.4, 0.5) is 11.4 Å². The minimum Gasteiger partial charge on any atom is -0.383 e. The van der Waals surface area contributed by atoms with Crippen LogP contribution in [0, 0.1) is 16.0 Å². The van der Waals surface area contributed by atoms with Crippen LogP contribution in [0.1, 0.15) is 26.2 Å². The minimum atomic E-state index is -0.402. The van der Waals surface area contributed by atoms with Gasteiger partial charge in [0.2, 0.25) is 0 Å². The number of rotatable bonds is 12. The van der Waals surface area contributed by atoms with Gasteiger partial charge in [-0.05, 0) is 44.2 Å². The third-order valence-corrected chi connectivity index (χ3v) is 4.58. The standard InChI is InChI=1S/C20H33N5O4/c1-2-21-20(23-10-3-13-29-16-17-8-14-28-15-9-17)24-12-11-22-18-4-6-19(7-5-18)25(26)27/h4-7,17,22H,2-3,8-16H2,1H3,(H2,21,23,24). The van der Waals surface area contributed by atoms with Crippen molar-refractivity contribution in [3.63, 3.8) is 0 Å². The van der Waals surface area contributed by atoms with E-state index in [0.717, 1.165) is 63.9 Å². The predicted molar refractivity (Wildman–Crippen MR) is 115 cm³/mol. The molecule has 1 aliphatic rings. The number of nitro groups is 1. The highest BCUT2D eigenvalue weighted by molar-refractivity contribution is 5.79. The first-order valence-corrected chi connectivity index (χ1v) is 10.3. The van der Waals surface area contributed by atoms with Crippen LogP contribution in [-0.2, 0) is 9.47 Å². The molecule has 0 aromatic heterocycles. The third kappa shape index (κ3) is 9.58. The normalized spacial score (nSPS) is 15.1. The van der Waals surface area contributed by atoms with Gasteiger partial charge in [-0.3, -0.25) is 15.1 Å². The Balaban J connectivity index is 1.58. The molecule has 0 spiro atoms. The van der Waals surface area contributed by atoms with Gasteiger partial charge in [-0.1, -0.05) is 0 Å². The fraction of sp³-hybridized carbons (Fsp3) is 0.650. The van der Waals surface area contributed by atoms with Crippen LogP contribution >= 0.6 is 0 Å². The van der Waals surface area contributed by atoms with E-state index in [9.17, 15) is 10.1 Å². The predicted octanol–water partition coefficient (Wildman–Crippen LogP) is 2.40. The van der Waals surface area contributed by atoms with Crippen molar-refractivity contribution in [1.29, 1.82) is 0 Å². The highest BCUT2D eigenvalue weighted by atomic mass is 16.6. The Labute approximate surface area is 172 Å². The lowest BCUT2D eigenvalue weighted by molar-refractivity contribution is -0.384. The van der Waals surface area contributed by atoms with Crippen LogP contribution in [0.5, 0.6) is 0 Å². The topological polar surface area (TPSA) is 110 Å². The molecule has 0 radical (unpaired) electrons. The van der Waals surface area contributed by atoms with Crippen molar-refractivity contribution in [1.82, 2.24) is 10.6 Å². The highest BCUT2D eigenvalue weighted by Crippen LogP contribution is 2.15. The number of nitrogens with zero attached hydrogens (tertiary/aromatic N) is 2. The summed E-state index contributed by atoms with van der Waals surface area (Å²) in [6, 6.07) is 6.40. The van der Waals surface area contributed by atoms with Crippen LogP contribution in [0.2, 0.25) is 0 Å². The number of non-ortho nitro benzene ring substituents is 1. The molecule has 3 N–H and O–H groups in total. The zero-order valence-electron chi connectivity index (χ0n) is 17.2. The first-order valence-electron chi connectivity index (χ1n) is 10.3. The van der Waals surface area contributed by atoms with Gasteiger partial charge in [0.1, 0.15) is 0 Å². The number of nitro benzene ring substituents is 1.